The SMILES string of the molecule is CC(=O)Oc1ccc2c(Br)c3ccccc3c(Br)c2c1. The lowest BCUT2D eigenvalue weighted by molar-refractivity contribution is -0.131. The van der Waals surface area contributed by atoms with Crippen molar-refractivity contribution in [2.75, 3.05) is 0 Å². The molecule has 0 unspecified atom stereocenters. The Morgan fingerprint density at radius 1 is 0.900 bits per heavy atom. The van der Waals surface area contributed by atoms with Crippen LogP contribution < -0.4 is 4.74 Å². The highest BCUT2D eigenvalue weighted by atomic mass is 79.9. The minimum absolute atomic E-state index is 0.319. The number of hydrogen-bond acceptors (Lipinski definition) is 2. The first-order valence-electron chi connectivity index (χ1n) is 6.06. The molecule has 3 aromatic carbocycles. The minimum Gasteiger partial charge on any atom is -0.427 e. The van der Waals surface area contributed by atoms with E-state index in [2.05, 4.69) is 44.0 Å². The van der Waals surface area contributed by atoms with E-state index in [0.29, 0.717) is 5.75 Å². The molecular formula is C16H10Br2O2. The topological polar surface area (TPSA) is 26.3 Å². The van der Waals surface area contributed by atoms with E-state index in [0.717, 1.165) is 30.5 Å². The molecule has 0 amide bonds. The molecule has 0 aromatic heterocycles. The summed E-state index contributed by atoms with van der Waals surface area (Å²) < 4.78 is 7.20. The van der Waals surface area contributed by atoms with Gasteiger partial charge in [-0.15, -0.1) is 0 Å². The summed E-state index contributed by atoms with van der Waals surface area (Å²) in [6.07, 6.45) is 0. The van der Waals surface area contributed by atoms with Gasteiger partial charge in [0.25, 0.3) is 0 Å². The van der Waals surface area contributed by atoms with E-state index in [1.165, 1.54) is 6.92 Å². The molecule has 0 aliphatic heterocycles. The van der Waals surface area contributed by atoms with Crippen molar-refractivity contribution in [1.82, 2.24) is 0 Å². The molecule has 100 valence electrons. The molecular weight excluding hydrogens is 384 g/mol. The number of carbonyl (C=O) groups excluding carboxylic acids is 1. The van der Waals surface area contributed by atoms with Crippen LogP contribution in [0.3, 0.4) is 0 Å². The van der Waals surface area contributed by atoms with Crippen LogP contribution in [0.2, 0.25) is 0 Å². The van der Waals surface area contributed by atoms with Crippen LogP contribution >= 0.6 is 31.9 Å². The fourth-order valence-corrected chi connectivity index (χ4v) is 3.65. The maximum atomic E-state index is 11.1. The third-order valence-electron chi connectivity index (χ3n) is 3.13. The number of rotatable bonds is 1. The van der Waals surface area contributed by atoms with Gasteiger partial charge in [-0.05, 0) is 66.2 Å². The second-order valence-electron chi connectivity index (χ2n) is 4.47. The maximum absolute atomic E-state index is 11.1. The Kier molecular flexibility index (Phi) is 3.52. The van der Waals surface area contributed by atoms with E-state index in [9.17, 15) is 4.79 Å². The molecule has 0 spiro atoms. The van der Waals surface area contributed by atoms with Crippen LogP contribution in [0.15, 0.2) is 51.4 Å². The standard InChI is InChI=1S/C16H10Br2O2/c1-9(19)20-10-6-7-13-14(8-10)16(18)12-5-3-2-4-11(12)15(13)17/h2-8H,1H3. The van der Waals surface area contributed by atoms with Gasteiger partial charge in [-0.2, -0.15) is 0 Å². The fraction of sp³-hybridized carbons (Fsp3) is 0.0625. The summed E-state index contributed by atoms with van der Waals surface area (Å²) in [4.78, 5) is 11.1. The zero-order valence-electron chi connectivity index (χ0n) is 10.6. The predicted octanol–water partition coefficient (Wildman–Crippen LogP) is 5.44. The van der Waals surface area contributed by atoms with Crippen molar-refractivity contribution in [3.8, 4) is 5.75 Å². The van der Waals surface area contributed by atoms with Crippen LogP contribution in [0, 0.1) is 0 Å². The van der Waals surface area contributed by atoms with Gasteiger partial charge < -0.3 is 4.74 Å². The number of carbonyl (C=O) groups is 1. The lowest BCUT2D eigenvalue weighted by atomic mass is 10.0. The first kappa shape index (κ1) is 13.6. The summed E-state index contributed by atoms with van der Waals surface area (Å²) in [5, 5.41) is 4.35. The number of ether oxygens (including phenoxy) is 1. The van der Waals surface area contributed by atoms with Crippen LogP contribution in [0.1, 0.15) is 6.92 Å². The lowest BCUT2D eigenvalue weighted by Gasteiger charge is -2.11. The van der Waals surface area contributed by atoms with E-state index in [1.807, 2.05) is 24.3 Å². The summed E-state index contributed by atoms with van der Waals surface area (Å²) in [6.45, 7) is 1.40. The van der Waals surface area contributed by atoms with E-state index >= 15 is 0 Å². The van der Waals surface area contributed by atoms with Crippen LogP contribution in [0.4, 0.5) is 0 Å². The lowest BCUT2D eigenvalue weighted by Crippen LogP contribution is -2.01. The monoisotopic (exact) mass is 392 g/mol. The van der Waals surface area contributed by atoms with Crippen molar-refractivity contribution in [2.24, 2.45) is 0 Å². The maximum Gasteiger partial charge on any atom is 0.308 e. The van der Waals surface area contributed by atoms with Crippen molar-refractivity contribution < 1.29 is 9.53 Å². The molecule has 0 radical (unpaired) electrons. The normalized spacial score (nSPS) is 10.9. The van der Waals surface area contributed by atoms with E-state index in [1.54, 1.807) is 6.07 Å². The van der Waals surface area contributed by atoms with Crippen molar-refractivity contribution in [1.29, 1.82) is 0 Å². The molecule has 0 aliphatic rings. The zero-order chi connectivity index (χ0) is 14.3. The van der Waals surface area contributed by atoms with Crippen LogP contribution in [-0.2, 0) is 4.79 Å². The molecule has 4 heteroatoms. The average Bonchev–Trinajstić information content (AvgIpc) is 2.44. The second kappa shape index (κ2) is 5.19. The summed E-state index contributed by atoms with van der Waals surface area (Å²) in [7, 11) is 0. The first-order valence-corrected chi connectivity index (χ1v) is 7.64. The van der Waals surface area contributed by atoms with Gasteiger partial charge in [0.15, 0.2) is 0 Å². The average molecular weight is 394 g/mol. The van der Waals surface area contributed by atoms with Gasteiger partial charge in [0.05, 0.1) is 0 Å². The summed E-state index contributed by atoms with van der Waals surface area (Å²) in [5.41, 5.74) is 0. The number of esters is 1. The molecule has 0 N–H and O–H groups in total. The van der Waals surface area contributed by atoms with Gasteiger partial charge in [-0.25, -0.2) is 0 Å². The number of fused-ring (bicyclic) bond motifs is 2. The van der Waals surface area contributed by atoms with Gasteiger partial charge in [0, 0.05) is 21.3 Å². The zero-order valence-corrected chi connectivity index (χ0v) is 13.8. The van der Waals surface area contributed by atoms with E-state index in [-0.39, 0.29) is 5.97 Å². The minimum atomic E-state index is -0.319. The van der Waals surface area contributed by atoms with Gasteiger partial charge in [-0.3, -0.25) is 4.79 Å². The van der Waals surface area contributed by atoms with Gasteiger partial charge >= 0.3 is 5.97 Å². The van der Waals surface area contributed by atoms with Crippen LogP contribution in [0.25, 0.3) is 21.5 Å². The smallest absolute Gasteiger partial charge is 0.308 e. The third-order valence-corrected chi connectivity index (χ3v) is 4.83. The van der Waals surface area contributed by atoms with Gasteiger partial charge in [0.2, 0.25) is 0 Å². The predicted molar refractivity (Wildman–Crippen MR) is 88.2 cm³/mol. The molecule has 2 nitrogen and oxygen atoms in total. The molecule has 0 atom stereocenters. The highest BCUT2D eigenvalue weighted by molar-refractivity contribution is 9.11. The largest absolute Gasteiger partial charge is 0.427 e. The molecule has 0 bridgehead atoms. The van der Waals surface area contributed by atoms with Crippen molar-refractivity contribution >= 4 is 59.4 Å². The highest BCUT2D eigenvalue weighted by Crippen LogP contribution is 2.40. The quantitative estimate of drug-likeness (QED) is 0.312. The Labute approximate surface area is 133 Å². The van der Waals surface area contributed by atoms with Crippen LogP contribution in [-0.4, -0.2) is 5.97 Å². The number of benzene rings is 3. The molecule has 3 aromatic rings. The molecule has 0 saturated carbocycles. The first-order chi connectivity index (χ1) is 9.58. The Morgan fingerprint density at radius 3 is 2.05 bits per heavy atom. The Bertz CT molecular complexity index is 841. The highest BCUT2D eigenvalue weighted by Gasteiger charge is 2.11. The molecule has 20 heavy (non-hydrogen) atoms. The van der Waals surface area contributed by atoms with Crippen molar-refractivity contribution in [2.45, 2.75) is 6.92 Å². The molecule has 3 rings (SSSR count). The molecule has 0 saturated heterocycles. The molecule has 0 fully saturated rings. The second-order valence-corrected chi connectivity index (χ2v) is 6.06. The summed E-state index contributed by atoms with van der Waals surface area (Å²) >= 11 is 7.32. The Morgan fingerprint density at radius 2 is 1.45 bits per heavy atom. The molecule has 0 heterocycles. The Balaban J connectivity index is 2.37. The van der Waals surface area contributed by atoms with Crippen LogP contribution in [0.5, 0.6) is 5.75 Å². The van der Waals surface area contributed by atoms with Crippen molar-refractivity contribution in [3.05, 3.63) is 51.4 Å². The van der Waals surface area contributed by atoms with E-state index in [4.69, 9.17) is 4.74 Å². The van der Waals surface area contributed by atoms with Gasteiger partial charge in [0.1, 0.15) is 5.75 Å². The third kappa shape index (κ3) is 2.23. The van der Waals surface area contributed by atoms with Gasteiger partial charge in [-0.1, -0.05) is 24.3 Å². The summed E-state index contributed by atoms with van der Waals surface area (Å²) in [6, 6.07) is 13.8. The van der Waals surface area contributed by atoms with Crippen molar-refractivity contribution in [3.63, 3.8) is 0 Å². The number of halogens is 2. The Hall–Kier alpha value is -1.39. The fourth-order valence-electron chi connectivity index (χ4n) is 2.28. The number of hydrogen-bond donors (Lipinski definition) is 0. The summed E-state index contributed by atoms with van der Waals surface area (Å²) in [5.74, 6) is 0.230. The molecule has 0 aliphatic carbocycles. The van der Waals surface area contributed by atoms with E-state index < -0.39 is 0 Å².